The van der Waals surface area contributed by atoms with Gasteiger partial charge in [-0.25, -0.2) is 9.78 Å². The van der Waals surface area contributed by atoms with Gasteiger partial charge in [0.15, 0.2) is 11.7 Å². The molecule has 4 N–H and O–H groups in total. The second-order valence-corrected chi connectivity index (χ2v) is 7.25. The zero-order valence-corrected chi connectivity index (χ0v) is 15.8. The first-order chi connectivity index (χ1) is 13.5. The molecule has 2 aromatic heterocycles. The number of nitrogens with one attached hydrogen (secondary N) is 2. The number of carbonyl (C=O) groups excluding carboxylic acids is 2. The zero-order valence-electron chi connectivity index (χ0n) is 15.8. The van der Waals surface area contributed by atoms with Crippen molar-refractivity contribution in [2.45, 2.75) is 51.1 Å². The van der Waals surface area contributed by atoms with Crippen LogP contribution in [0.1, 0.15) is 47.6 Å². The molecule has 2 aliphatic rings. The molecule has 0 unspecified atom stereocenters. The number of urea groups is 1. The predicted molar refractivity (Wildman–Crippen MR) is 103 cm³/mol. The Bertz CT molecular complexity index is 892. The SMILES string of the molecule is Cc1nc(NC(=O)N2c3nc(C(=O)NC4CC4)ccc3CC[C@@H]2CCN)co1. The minimum atomic E-state index is -0.361. The Balaban J connectivity index is 1.63. The maximum atomic E-state index is 13.0. The summed E-state index contributed by atoms with van der Waals surface area (Å²) >= 11 is 0. The molecule has 0 bridgehead atoms. The van der Waals surface area contributed by atoms with Gasteiger partial charge < -0.3 is 15.5 Å². The van der Waals surface area contributed by atoms with Crippen molar-refractivity contribution in [1.82, 2.24) is 15.3 Å². The maximum Gasteiger partial charge on any atom is 0.329 e. The molecule has 148 valence electrons. The number of pyridine rings is 1. The Morgan fingerprint density at radius 3 is 2.79 bits per heavy atom. The molecule has 1 saturated carbocycles. The monoisotopic (exact) mass is 384 g/mol. The van der Waals surface area contributed by atoms with E-state index in [1.165, 1.54) is 6.26 Å². The van der Waals surface area contributed by atoms with Gasteiger partial charge in [-0.15, -0.1) is 0 Å². The van der Waals surface area contributed by atoms with Crippen LogP contribution < -0.4 is 21.3 Å². The predicted octanol–water partition coefficient (Wildman–Crippen LogP) is 1.97. The lowest BCUT2D eigenvalue weighted by Crippen LogP contribution is -2.47. The third-order valence-electron chi connectivity index (χ3n) is 5.01. The summed E-state index contributed by atoms with van der Waals surface area (Å²) in [6, 6.07) is 3.38. The van der Waals surface area contributed by atoms with E-state index >= 15 is 0 Å². The van der Waals surface area contributed by atoms with Gasteiger partial charge in [-0.2, -0.15) is 4.98 Å². The standard InChI is InChI=1S/C19H24N6O3/c1-11-21-16(10-28-11)24-19(27)25-14(8-9-20)6-2-12-3-7-15(23-17(12)25)18(26)22-13-4-5-13/h3,7,10,13-14H,2,4-6,8-9,20H2,1H3,(H,22,26)(H,24,27)/t14-/m1/s1. The highest BCUT2D eigenvalue weighted by molar-refractivity contribution is 6.02. The number of carbonyl (C=O) groups is 2. The zero-order chi connectivity index (χ0) is 19.7. The molecule has 28 heavy (non-hydrogen) atoms. The second-order valence-electron chi connectivity index (χ2n) is 7.25. The molecule has 1 aliphatic carbocycles. The molecule has 3 heterocycles. The van der Waals surface area contributed by atoms with Crippen LogP contribution in [0.2, 0.25) is 0 Å². The van der Waals surface area contributed by atoms with E-state index in [0.29, 0.717) is 36.2 Å². The van der Waals surface area contributed by atoms with E-state index < -0.39 is 0 Å². The van der Waals surface area contributed by atoms with Crippen LogP contribution in [-0.2, 0) is 6.42 Å². The van der Waals surface area contributed by atoms with Gasteiger partial charge in [-0.3, -0.25) is 15.0 Å². The van der Waals surface area contributed by atoms with Crippen molar-refractivity contribution in [3.63, 3.8) is 0 Å². The van der Waals surface area contributed by atoms with Gasteiger partial charge in [0.1, 0.15) is 17.8 Å². The van der Waals surface area contributed by atoms with Gasteiger partial charge >= 0.3 is 6.03 Å². The number of rotatable bonds is 5. The molecule has 0 spiro atoms. The first-order valence-electron chi connectivity index (χ1n) is 9.58. The number of nitrogens with zero attached hydrogens (tertiary/aromatic N) is 3. The minimum absolute atomic E-state index is 0.0975. The van der Waals surface area contributed by atoms with Crippen molar-refractivity contribution in [2.24, 2.45) is 5.73 Å². The number of oxazole rings is 1. The fourth-order valence-electron chi connectivity index (χ4n) is 3.44. The number of anilines is 2. The van der Waals surface area contributed by atoms with E-state index in [9.17, 15) is 9.59 Å². The number of aryl methyl sites for hydroxylation is 2. The highest BCUT2D eigenvalue weighted by atomic mass is 16.3. The van der Waals surface area contributed by atoms with Gasteiger partial charge in [0, 0.05) is 19.0 Å². The van der Waals surface area contributed by atoms with Crippen molar-refractivity contribution in [1.29, 1.82) is 0 Å². The van der Waals surface area contributed by atoms with E-state index in [1.54, 1.807) is 17.9 Å². The fourth-order valence-corrected chi connectivity index (χ4v) is 3.44. The largest absolute Gasteiger partial charge is 0.447 e. The topological polar surface area (TPSA) is 126 Å². The Kier molecular flexibility index (Phi) is 4.99. The van der Waals surface area contributed by atoms with Crippen molar-refractivity contribution in [2.75, 3.05) is 16.8 Å². The molecule has 1 atom stereocenters. The highest BCUT2D eigenvalue weighted by Gasteiger charge is 2.33. The third-order valence-corrected chi connectivity index (χ3v) is 5.01. The number of amides is 3. The van der Waals surface area contributed by atoms with Crippen molar-refractivity contribution in [3.8, 4) is 0 Å². The van der Waals surface area contributed by atoms with Gasteiger partial charge in [-0.05, 0) is 50.3 Å². The van der Waals surface area contributed by atoms with Crippen LogP contribution in [0.4, 0.5) is 16.4 Å². The number of nitrogens with two attached hydrogens (primary N) is 1. The summed E-state index contributed by atoms with van der Waals surface area (Å²) in [5.41, 5.74) is 7.01. The summed E-state index contributed by atoms with van der Waals surface area (Å²) in [5.74, 6) is 1.10. The number of hydrogen-bond acceptors (Lipinski definition) is 6. The number of hydrogen-bond donors (Lipinski definition) is 3. The third kappa shape index (κ3) is 3.84. The maximum absolute atomic E-state index is 13.0. The molecule has 3 amide bonds. The summed E-state index contributed by atoms with van der Waals surface area (Å²) in [6.07, 6.45) is 5.60. The highest BCUT2D eigenvalue weighted by Crippen LogP contribution is 2.31. The molecule has 4 rings (SSSR count). The molecule has 1 aliphatic heterocycles. The molecule has 0 radical (unpaired) electrons. The average molecular weight is 384 g/mol. The van der Waals surface area contributed by atoms with E-state index in [2.05, 4.69) is 20.6 Å². The van der Waals surface area contributed by atoms with E-state index in [1.807, 2.05) is 6.07 Å². The second kappa shape index (κ2) is 7.59. The normalized spacial score (nSPS) is 18.5. The average Bonchev–Trinajstić information content (AvgIpc) is 3.40. The van der Waals surface area contributed by atoms with Crippen molar-refractivity contribution < 1.29 is 14.0 Å². The first kappa shape index (κ1) is 18.4. The molecular weight excluding hydrogens is 360 g/mol. The van der Waals surface area contributed by atoms with Gasteiger partial charge in [-0.1, -0.05) is 6.07 Å². The molecular formula is C19H24N6O3. The molecule has 2 aromatic rings. The van der Waals surface area contributed by atoms with Crippen LogP contribution in [0.3, 0.4) is 0 Å². The molecule has 1 fully saturated rings. The van der Waals surface area contributed by atoms with Crippen LogP contribution in [0.5, 0.6) is 0 Å². The van der Waals surface area contributed by atoms with Gasteiger partial charge in [0.25, 0.3) is 5.91 Å². The van der Waals surface area contributed by atoms with Crippen molar-refractivity contribution in [3.05, 3.63) is 35.5 Å². The van der Waals surface area contributed by atoms with E-state index in [4.69, 9.17) is 10.2 Å². The summed E-state index contributed by atoms with van der Waals surface area (Å²) in [7, 11) is 0. The summed E-state index contributed by atoms with van der Waals surface area (Å²) < 4.78 is 5.16. The van der Waals surface area contributed by atoms with E-state index in [-0.39, 0.29) is 24.0 Å². The Hall–Kier alpha value is -2.94. The summed E-state index contributed by atoms with van der Waals surface area (Å²) in [6.45, 7) is 2.16. The van der Waals surface area contributed by atoms with Crippen LogP contribution >= 0.6 is 0 Å². The smallest absolute Gasteiger partial charge is 0.329 e. The van der Waals surface area contributed by atoms with Crippen LogP contribution in [0, 0.1) is 6.92 Å². The molecule has 0 aromatic carbocycles. The fraction of sp³-hybridized carbons (Fsp3) is 0.474. The minimum Gasteiger partial charge on any atom is -0.447 e. The van der Waals surface area contributed by atoms with Crippen LogP contribution in [0.15, 0.2) is 22.8 Å². The van der Waals surface area contributed by atoms with E-state index in [0.717, 1.165) is 31.2 Å². The van der Waals surface area contributed by atoms with Gasteiger partial charge in [0.05, 0.1) is 0 Å². The lowest BCUT2D eigenvalue weighted by Gasteiger charge is -2.36. The lowest BCUT2D eigenvalue weighted by atomic mass is 9.96. The number of fused-ring (bicyclic) bond motifs is 1. The first-order valence-corrected chi connectivity index (χ1v) is 9.58. The van der Waals surface area contributed by atoms with Crippen LogP contribution in [-0.4, -0.2) is 40.5 Å². The lowest BCUT2D eigenvalue weighted by molar-refractivity contribution is 0.0946. The Morgan fingerprint density at radius 1 is 1.29 bits per heavy atom. The van der Waals surface area contributed by atoms with Crippen LogP contribution in [0.25, 0.3) is 0 Å². The number of aromatic nitrogens is 2. The summed E-state index contributed by atoms with van der Waals surface area (Å²) in [5, 5.41) is 5.69. The Morgan fingerprint density at radius 2 is 2.11 bits per heavy atom. The summed E-state index contributed by atoms with van der Waals surface area (Å²) in [4.78, 5) is 35.7. The quantitative estimate of drug-likeness (QED) is 0.723. The van der Waals surface area contributed by atoms with Crippen molar-refractivity contribution >= 4 is 23.6 Å². The van der Waals surface area contributed by atoms with Gasteiger partial charge in [0.2, 0.25) is 0 Å². The molecule has 0 saturated heterocycles. The molecule has 9 nitrogen and oxygen atoms in total. The Labute approximate surface area is 162 Å². The molecule has 9 heteroatoms.